The number of rotatable bonds is 4. The molecule has 0 saturated heterocycles. The summed E-state index contributed by atoms with van der Waals surface area (Å²) >= 11 is 7.71. The number of aryl methyl sites for hydroxylation is 1. The number of halogens is 3. The average molecular weight is 434 g/mol. The standard InChI is InChI=1S/C21H18ClF2N3OS/c1-3-19(28)27-10-15(14-8-18(22)29-17(14)11-27)12-6-4-5-7-13(12)16-9-26(2)25-20(16)21(23)24/h3-9,15,21H,1,10-11H2,2H3/t15-/m0/s1. The number of benzene rings is 1. The van der Waals surface area contributed by atoms with E-state index in [-0.39, 0.29) is 17.5 Å². The molecule has 3 heterocycles. The van der Waals surface area contributed by atoms with Crippen molar-refractivity contribution in [3.05, 3.63) is 75.2 Å². The van der Waals surface area contributed by atoms with E-state index in [1.165, 1.54) is 22.1 Å². The molecule has 2 aromatic heterocycles. The maximum Gasteiger partial charge on any atom is 0.282 e. The zero-order valence-electron chi connectivity index (χ0n) is 15.6. The molecular weight excluding hydrogens is 416 g/mol. The van der Waals surface area contributed by atoms with E-state index in [9.17, 15) is 13.6 Å². The summed E-state index contributed by atoms with van der Waals surface area (Å²) in [5.74, 6) is -0.356. The van der Waals surface area contributed by atoms with Gasteiger partial charge in [0, 0.05) is 36.1 Å². The van der Waals surface area contributed by atoms with E-state index in [4.69, 9.17) is 11.6 Å². The third-order valence-electron chi connectivity index (χ3n) is 5.10. The number of fused-ring (bicyclic) bond motifs is 1. The molecule has 0 radical (unpaired) electrons. The van der Waals surface area contributed by atoms with Crippen LogP contribution < -0.4 is 0 Å². The third-order valence-corrected chi connectivity index (χ3v) is 6.37. The minimum Gasteiger partial charge on any atom is -0.333 e. The van der Waals surface area contributed by atoms with Gasteiger partial charge in [0.2, 0.25) is 5.91 Å². The Labute approximate surface area is 176 Å². The Kier molecular flexibility index (Phi) is 5.27. The first-order valence-corrected chi connectivity index (χ1v) is 10.2. The fourth-order valence-electron chi connectivity index (χ4n) is 3.87. The van der Waals surface area contributed by atoms with E-state index in [2.05, 4.69) is 11.7 Å². The summed E-state index contributed by atoms with van der Waals surface area (Å²) in [6, 6.07) is 9.34. The summed E-state index contributed by atoms with van der Waals surface area (Å²) in [4.78, 5) is 15.0. The van der Waals surface area contributed by atoms with Gasteiger partial charge in [-0.1, -0.05) is 42.4 Å². The maximum atomic E-state index is 13.6. The highest BCUT2D eigenvalue weighted by Crippen LogP contribution is 2.43. The second-order valence-corrected chi connectivity index (χ2v) is 8.66. The predicted molar refractivity (Wildman–Crippen MR) is 110 cm³/mol. The van der Waals surface area contributed by atoms with E-state index in [0.717, 1.165) is 16.0 Å². The molecule has 0 spiro atoms. The Hall–Kier alpha value is -2.51. The van der Waals surface area contributed by atoms with E-state index in [1.807, 2.05) is 30.3 Å². The molecule has 29 heavy (non-hydrogen) atoms. The van der Waals surface area contributed by atoms with Crippen LogP contribution in [0.4, 0.5) is 8.78 Å². The molecule has 150 valence electrons. The molecule has 1 amide bonds. The van der Waals surface area contributed by atoms with Crippen molar-refractivity contribution in [3.63, 3.8) is 0 Å². The number of aromatic nitrogens is 2. The number of thiophene rings is 1. The highest BCUT2D eigenvalue weighted by atomic mass is 35.5. The minimum absolute atomic E-state index is 0.169. The smallest absolute Gasteiger partial charge is 0.282 e. The van der Waals surface area contributed by atoms with Gasteiger partial charge in [0.25, 0.3) is 6.43 Å². The van der Waals surface area contributed by atoms with Crippen LogP contribution in [0.1, 0.15) is 34.0 Å². The minimum atomic E-state index is -2.68. The zero-order chi connectivity index (χ0) is 20.7. The van der Waals surface area contributed by atoms with Crippen molar-refractivity contribution in [2.45, 2.75) is 18.9 Å². The van der Waals surface area contributed by atoms with E-state index < -0.39 is 6.43 Å². The average Bonchev–Trinajstić information content (AvgIpc) is 3.28. The molecule has 0 unspecified atom stereocenters. The number of carbonyl (C=O) groups is 1. The fourth-order valence-corrected chi connectivity index (χ4v) is 5.22. The van der Waals surface area contributed by atoms with Crippen molar-refractivity contribution < 1.29 is 13.6 Å². The Morgan fingerprint density at radius 3 is 2.83 bits per heavy atom. The summed E-state index contributed by atoms with van der Waals surface area (Å²) < 4.78 is 29.2. The van der Waals surface area contributed by atoms with E-state index in [0.29, 0.717) is 28.6 Å². The topological polar surface area (TPSA) is 38.1 Å². The number of nitrogens with zero attached hydrogens (tertiary/aromatic N) is 3. The van der Waals surface area contributed by atoms with E-state index >= 15 is 0 Å². The largest absolute Gasteiger partial charge is 0.333 e. The molecule has 4 rings (SSSR count). The predicted octanol–water partition coefficient (Wildman–Crippen LogP) is 5.40. The van der Waals surface area contributed by atoms with Crippen LogP contribution in [-0.4, -0.2) is 27.1 Å². The molecule has 8 heteroatoms. The molecule has 4 nitrogen and oxygen atoms in total. The van der Waals surface area contributed by atoms with Crippen molar-refractivity contribution in [2.24, 2.45) is 7.05 Å². The lowest BCUT2D eigenvalue weighted by molar-refractivity contribution is -0.127. The molecule has 0 N–H and O–H groups in total. The molecule has 1 aromatic carbocycles. The van der Waals surface area contributed by atoms with Crippen molar-refractivity contribution >= 4 is 28.8 Å². The molecule has 1 atom stereocenters. The van der Waals surface area contributed by atoms with Crippen molar-refractivity contribution in [3.8, 4) is 11.1 Å². The van der Waals surface area contributed by atoms with Gasteiger partial charge in [-0.15, -0.1) is 11.3 Å². The van der Waals surface area contributed by atoms with Crippen LogP contribution >= 0.6 is 22.9 Å². The molecule has 1 aliphatic heterocycles. The fraction of sp³-hybridized carbons (Fsp3) is 0.238. The van der Waals surface area contributed by atoms with Gasteiger partial charge in [-0.2, -0.15) is 5.10 Å². The molecule has 3 aromatic rings. The number of alkyl halides is 2. The van der Waals surface area contributed by atoms with Gasteiger partial charge < -0.3 is 4.90 Å². The van der Waals surface area contributed by atoms with E-state index in [1.54, 1.807) is 18.1 Å². The summed E-state index contributed by atoms with van der Waals surface area (Å²) in [6.07, 6.45) is 0.215. The summed E-state index contributed by atoms with van der Waals surface area (Å²) in [5.41, 5.74) is 2.72. The Morgan fingerprint density at radius 2 is 2.10 bits per heavy atom. The van der Waals surface area contributed by atoms with Gasteiger partial charge in [0.15, 0.2) is 0 Å². The lowest BCUT2D eigenvalue weighted by Crippen LogP contribution is -2.37. The second-order valence-electron chi connectivity index (χ2n) is 6.89. The molecule has 0 bridgehead atoms. The van der Waals surface area contributed by atoms with Crippen molar-refractivity contribution in [2.75, 3.05) is 6.54 Å². The van der Waals surface area contributed by atoms with Crippen LogP contribution in [0.5, 0.6) is 0 Å². The first kappa shape index (κ1) is 19.8. The first-order valence-electron chi connectivity index (χ1n) is 8.99. The van der Waals surface area contributed by atoms with Gasteiger partial charge in [-0.05, 0) is 28.8 Å². The third kappa shape index (κ3) is 3.60. The maximum absolute atomic E-state index is 13.6. The van der Waals surface area contributed by atoms with Gasteiger partial charge >= 0.3 is 0 Å². The molecule has 0 fully saturated rings. The number of carbonyl (C=O) groups excluding carboxylic acids is 1. The number of hydrogen-bond acceptors (Lipinski definition) is 3. The van der Waals surface area contributed by atoms with Gasteiger partial charge in [0.05, 0.1) is 10.9 Å². The number of amides is 1. The Balaban J connectivity index is 1.87. The monoisotopic (exact) mass is 433 g/mol. The normalized spacial score (nSPS) is 16.2. The first-order chi connectivity index (χ1) is 13.9. The Bertz CT molecular complexity index is 1090. The van der Waals surface area contributed by atoms with Crippen LogP contribution in [0.3, 0.4) is 0 Å². The lowest BCUT2D eigenvalue weighted by Gasteiger charge is -2.33. The Morgan fingerprint density at radius 1 is 1.34 bits per heavy atom. The molecule has 0 saturated carbocycles. The van der Waals surface area contributed by atoms with Crippen LogP contribution in [0, 0.1) is 0 Å². The zero-order valence-corrected chi connectivity index (χ0v) is 17.2. The number of hydrogen-bond donors (Lipinski definition) is 0. The van der Waals surface area contributed by atoms with Crippen LogP contribution in [0.15, 0.2) is 49.2 Å². The molecule has 0 aliphatic carbocycles. The highest BCUT2D eigenvalue weighted by molar-refractivity contribution is 7.16. The summed E-state index contributed by atoms with van der Waals surface area (Å²) in [5, 5.41) is 3.95. The quantitative estimate of drug-likeness (QED) is 0.517. The van der Waals surface area contributed by atoms with Crippen LogP contribution in [-0.2, 0) is 18.4 Å². The molecule has 1 aliphatic rings. The SMILES string of the molecule is C=CC(=O)N1Cc2sc(Cl)cc2[C@H](c2ccccc2-c2cn(C)nc2C(F)F)C1. The second kappa shape index (κ2) is 7.72. The van der Waals surface area contributed by atoms with Crippen molar-refractivity contribution in [1.82, 2.24) is 14.7 Å². The highest BCUT2D eigenvalue weighted by Gasteiger charge is 2.32. The van der Waals surface area contributed by atoms with Gasteiger partial charge in [-0.25, -0.2) is 8.78 Å². The summed E-state index contributed by atoms with van der Waals surface area (Å²) in [6.45, 7) is 4.47. The van der Waals surface area contributed by atoms with Gasteiger partial charge in [0.1, 0.15) is 5.69 Å². The van der Waals surface area contributed by atoms with Crippen LogP contribution in [0.2, 0.25) is 4.34 Å². The van der Waals surface area contributed by atoms with Crippen molar-refractivity contribution in [1.29, 1.82) is 0 Å². The van der Waals surface area contributed by atoms with Gasteiger partial charge in [-0.3, -0.25) is 9.48 Å². The summed E-state index contributed by atoms with van der Waals surface area (Å²) in [7, 11) is 1.62. The van der Waals surface area contributed by atoms with Crippen LogP contribution in [0.25, 0.3) is 11.1 Å². The molecular formula is C21H18ClF2N3OS. The lowest BCUT2D eigenvalue weighted by atomic mass is 9.84.